The molecule has 0 spiro atoms. The fraction of sp³-hybridized carbons (Fsp3) is 0.217. The summed E-state index contributed by atoms with van der Waals surface area (Å²) in [6.07, 6.45) is 3.84. The second kappa shape index (κ2) is 8.97. The van der Waals surface area contributed by atoms with Crippen LogP contribution in [0.25, 0.3) is 0 Å². The highest BCUT2D eigenvalue weighted by molar-refractivity contribution is 6.30. The molecule has 1 aliphatic rings. The number of aromatic amines is 1. The van der Waals surface area contributed by atoms with Crippen molar-refractivity contribution < 1.29 is 14.5 Å². The number of carbonyl (C=O) groups is 1. The lowest BCUT2D eigenvalue weighted by atomic mass is 10.1. The first-order chi connectivity index (χ1) is 14.2. The predicted octanol–water partition coefficient (Wildman–Crippen LogP) is 3.70. The van der Waals surface area contributed by atoms with Crippen LogP contribution in [0.15, 0.2) is 73.1 Å². The topological polar surface area (TPSA) is 46.9 Å². The second-order valence-corrected chi connectivity index (χ2v) is 7.39. The monoisotopic (exact) mass is 408 g/mol. The minimum atomic E-state index is 0.0118. The van der Waals surface area contributed by atoms with Gasteiger partial charge in [-0.15, -0.1) is 0 Å². The molecule has 0 unspecified atom stereocenters. The minimum Gasteiger partial charge on any atom is -0.488 e. The highest BCUT2D eigenvalue weighted by Crippen LogP contribution is 2.23. The zero-order valence-electron chi connectivity index (χ0n) is 16.1. The Balaban J connectivity index is 1.41. The third kappa shape index (κ3) is 4.69. The third-order valence-corrected chi connectivity index (χ3v) is 5.31. The van der Waals surface area contributed by atoms with Crippen molar-refractivity contribution in [1.82, 2.24) is 4.90 Å². The number of pyridine rings is 1. The van der Waals surface area contributed by atoms with Gasteiger partial charge in [0.05, 0.1) is 5.56 Å². The van der Waals surface area contributed by atoms with Crippen molar-refractivity contribution in [3.8, 4) is 5.75 Å². The number of carbonyl (C=O) groups excluding carboxylic acids is 1. The summed E-state index contributed by atoms with van der Waals surface area (Å²) in [7, 11) is 0. The number of piperazine rings is 1. The zero-order chi connectivity index (χ0) is 20.1. The van der Waals surface area contributed by atoms with Crippen LogP contribution in [0.3, 0.4) is 0 Å². The van der Waals surface area contributed by atoms with E-state index in [0.717, 1.165) is 18.7 Å². The van der Waals surface area contributed by atoms with E-state index >= 15 is 0 Å². The fourth-order valence-electron chi connectivity index (χ4n) is 3.44. The zero-order valence-corrected chi connectivity index (χ0v) is 16.8. The standard InChI is InChI=1S/C23H22ClN3O2/c24-19-7-5-18(6-8-19)17-29-22-4-2-1-3-21(22)23(28)27-15-13-26(14-16-27)20-9-11-25-12-10-20/h1-12H,13-17H2/p+1. The van der Waals surface area contributed by atoms with Crippen LogP contribution in [0.5, 0.6) is 5.75 Å². The van der Waals surface area contributed by atoms with Gasteiger partial charge in [-0.25, -0.2) is 4.98 Å². The first-order valence-electron chi connectivity index (χ1n) is 9.67. The number of para-hydroxylation sites is 1. The molecule has 0 radical (unpaired) electrons. The fourth-order valence-corrected chi connectivity index (χ4v) is 3.56. The SMILES string of the molecule is O=C(c1ccccc1OCc1ccc(Cl)cc1)N1CCN(c2cc[nH+]cc2)CC1. The van der Waals surface area contributed by atoms with Crippen LogP contribution in [0, 0.1) is 0 Å². The predicted molar refractivity (Wildman–Crippen MR) is 113 cm³/mol. The number of nitrogens with zero attached hydrogens (tertiary/aromatic N) is 2. The van der Waals surface area contributed by atoms with Gasteiger partial charge in [0, 0.05) is 49.0 Å². The van der Waals surface area contributed by atoms with Crippen LogP contribution >= 0.6 is 11.6 Å². The van der Waals surface area contributed by atoms with Crippen molar-refractivity contribution >= 4 is 23.2 Å². The van der Waals surface area contributed by atoms with Gasteiger partial charge in [0.15, 0.2) is 12.4 Å². The van der Waals surface area contributed by atoms with Gasteiger partial charge in [-0.1, -0.05) is 35.9 Å². The number of aromatic nitrogens is 1. The van der Waals surface area contributed by atoms with E-state index < -0.39 is 0 Å². The van der Waals surface area contributed by atoms with Gasteiger partial charge in [-0.2, -0.15) is 0 Å². The number of H-pyrrole nitrogens is 1. The summed E-state index contributed by atoms with van der Waals surface area (Å²) in [6, 6.07) is 19.1. The molecular formula is C23H23ClN3O2+. The maximum atomic E-state index is 13.1. The summed E-state index contributed by atoms with van der Waals surface area (Å²) in [5, 5.41) is 0.692. The minimum absolute atomic E-state index is 0.0118. The quantitative estimate of drug-likeness (QED) is 0.646. The van der Waals surface area contributed by atoms with Gasteiger partial charge < -0.3 is 14.5 Å². The van der Waals surface area contributed by atoms with E-state index in [1.54, 1.807) is 0 Å². The average molecular weight is 409 g/mol. The van der Waals surface area contributed by atoms with Crippen LogP contribution in [0.2, 0.25) is 5.02 Å². The summed E-state index contributed by atoms with van der Waals surface area (Å²) in [5.74, 6) is 0.617. The molecule has 0 saturated carbocycles. The largest absolute Gasteiger partial charge is 0.488 e. The Bertz CT molecular complexity index is 955. The Morgan fingerprint density at radius 1 is 0.931 bits per heavy atom. The Kier molecular flexibility index (Phi) is 5.96. The number of ether oxygens (including phenoxy) is 1. The number of amides is 1. The molecule has 1 fully saturated rings. The van der Waals surface area contributed by atoms with Crippen molar-refractivity contribution in [1.29, 1.82) is 0 Å². The lowest BCUT2D eigenvalue weighted by Gasteiger charge is -2.36. The van der Waals surface area contributed by atoms with Gasteiger partial charge in [0.25, 0.3) is 5.91 Å². The second-order valence-electron chi connectivity index (χ2n) is 6.95. The number of rotatable bonds is 5. The molecular weight excluding hydrogens is 386 g/mol. The molecule has 0 bridgehead atoms. The number of benzene rings is 2. The van der Waals surface area contributed by atoms with Gasteiger partial charge in [0.2, 0.25) is 0 Å². The van der Waals surface area contributed by atoms with Crippen LogP contribution in [0.1, 0.15) is 15.9 Å². The lowest BCUT2D eigenvalue weighted by Crippen LogP contribution is -2.48. The summed E-state index contributed by atoms with van der Waals surface area (Å²) in [5.41, 5.74) is 2.78. The van der Waals surface area contributed by atoms with Gasteiger partial charge in [-0.3, -0.25) is 4.79 Å². The van der Waals surface area contributed by atoms with Crippen molar-refractivity contribution in [2.75, 3.05) is 31.1 Å². The Morgan fingerprint density at radius 3 is 2.34 bits per heavy atom. The van der Waals surface area contributed by atoms with Crippen LogP contribution in [0.4, 0.5) is 5.69 Å². The lowest BCUT2D eigenvalue weighted by molar-refractivity contribution is -0.377. The molecule has 1 amide bonds. The molecule has 1 saturated heterocycles. The summed E-state index contributed by atoms with van der Waals surface area (Å²) in [6.45, 7) is 3.37. The van der Waals surface area contributed by atoms with Crippen molar-refractivity contribution in [2.45, 2.75) is 6.61 Å². The number of hydrogen-bond acceptors (Lipinski definition) is 3. The van der Waals surface area contributed by atoms with Crippen molar-refractivity contribution in [2.24, 2.45) is 0 Å². The van der Waals surface area contributed by atoms with Crippen molar-refractivity contribution in [3.63, 3.8) is 0 Å². The molecule has 1 aromatic heterocycles. The van der Waals surface area contributed by atoms with E-state index in [1.807, 2.05) is 65.8 Å². The summed E-state index contributed by atoms with van der Waals surface area (Å²) >= 11 is 5.94. The Hall–Kier alpha value is -3.05. The molecule has 0 atom stereocenters. The van der Waals surface area contributed by atoms with E-state index in [1.165, 1.54) is 5.69 Å². The van der Waals surface area contributed by atoms with Crippen LogP contribution < -0.4 is 14.6 Å². The Morgan fingerprint density at radius 2 is 1.62 bits per heavy atom. The molecule has 5 nitrogen and oxygen atoms in total. The average Bonchev–Trinajstić information content (AvgIpc) is 2.79. The molecule has 29 heavy (non-hydrogen) atoms. The van der Waals surface area contributed by atoms with Gasteiger partial charge in [0.1, 0.15) is 12.4 Å². The van der Waals surface area contributed by atoms with E-state index in [-0.39, 0.29) is 5.91 Å². The van der Waals surface area contributed by atoms with E-state index in [4.69, 9.17) is 16.3 Å². The van der Waals surface area contributed by atoms with Gasteiger partial charge in [-0.05, 0) is 29.8 Å². The highest BCUT2D eigenvalue weighted by atomic mass is 35.5. The summed E-state index contributed by atoms with van der Waals surface area (Å²) < 4.78 is 5.96. The molecule has 0 aliphatic carbocycles. The first kappa shape index (κ1) is 19.3. The molecule has 1 aliphatic heterocycles. The number of halogens is 1. The molecule has 6 heteroatoms. The maximum Gasteiger partial charge on any atom is 0.257 e. The maximum absolute atomic E-state index is 13.1. The molecule has 1 N–H and O–H groups in total. The normalized spacial score (nSPS) is 14.0. The number of nitrogens with one attached hydrogen (secondary N) is 1. The highest BCUT2D eigenvalue weighted by Gasteiger charge is 2.24. The smallest absolute Gasteiger partial charge is 0.257 e. The number of hydrogen-bond donors (Lipinski definition) is 0. The van der Waals surface area contributed by atoms with Crippen LogP contribution in [-0.4, -0.2) is 37.0 Å². The molecule has 2 heterocycles. The molecule has 3 aromatic rings. The van der Waals surface area contributed by atoms with Gasteiger partial charge >= 0.3 is 0 Å². The molecule has 2 aromatic carbocycles. The first-order valence-corrected chi connectivity index (χ1v) is 10.0. The molecule has 4 rings (SSSR count). The Labute approximate surface area is 175 Å². The van der Waals surface area contributed by atoms with Crippen LogP contribution in [-0.2, 0) is 6.61 Å². The van der Waals surface area contributed by atoms with E-state index in [9.17, 15) is 4.79 Å². The van der Waals surface area contributed by atoms with E-state index in [2.05, 4.69) is 22.0 Å². The molecule has 148 valence electrons. The third-order valence-electron chi connectivity index (χ3n) is 5.06. The van der Waals surface area contributed by atoms with E-state index in [0.29, 0.717) is 36.0 Å². The van der Waals surface area contributed by atoms with Crippen molar-refractivity contribution in [3.05, 3.63) is 89.2 Å². The number of anilines is 1. The summed E-state index contributed by atoms with van der Waals surface area (Å²) in [4.78, 5) is 20.4.